The largest absolute Gasteiger partial charge is 0.390 e. The van der Waals surface area contributed by atoms with Gasteiger partial charge in [-0.05, 0) is 70.1 Å². The number of aromatic nitrogens is 4. The number of hydrogen-bond acceptors (Lipinski definition) is 7. The summed E-state index contributed by atoms with van der Waals surface area (Å²) in [4.78, 5) is 8.41. The van der Waals surface area contributed by atoms with E-state index in [-0.39, 0.29) is 22.7 Å². The van der Waals surface area contributed by atoms with Gasteiger partial charge in [-0.1, -0.05) is 6.07 Å². The molecule has 0 saturated heterocycles. The van der Waals surface area contributed by atoms with Crippen LogP contribution < -0.4 is 10.5 Å². The van der Waals surface area contributed by atoms with Crippen molar-refractivity contribution in [1.82, 2.24) is 24.3 Å². The first-order valence-corrected chi connectivity index (χ1v) is 11.8. The highest BCUT2D eigenvalue weighted by atomic mass is 32.2. The van der Waals surface area contributed by atoms with Crippen LogP contribution in [0.4, 0.5) is 5.82 Å². The number of fused-ring (bicyclic) bond motifs is 1. The maximum Gasteiger partial charge on any atom is 0.240 e. The lowest BCUT2D eigenvalue weighted by molar-refractivity contribution is -0.00182. The second kappa shape index (κ2) is 7.85. The summed E-state index contributed by atoms with van der Waals surface area (Å²) in [6, 6.07) is 4.88. The van der Waals surface area contributed by atoms with Crippen LogP contribution in [0.15, 0.2) is 35.6 Å². The van der Waals surface area contributed by atoms with Crippen molar-refractivity contribution in [2.75, 3.05) is 5.73 Å². The number of nitrogens with one attached hydrogen (secondary N) is 1. The molecule has 4 N–H and O–H groups in total. The van der Waals surface area contributed by atoms with Gasteiger partial charge >= 0.3 is 0 Å². The zero-order valence-electron chi connectivity index (χ0n) is 17.9. The van der Waals surface area contributed by atoms with Crippen LogP contribution in [0.3, 0.4) is 0 Å². The summed E-state index contributed by atoms with van der Waals surface area (Å²) in [6.07, 6.45) is 5.95. The van der Waals surface area contributed by atoms with Crippen molar-refractivity contribution in [3.05, 3.63) is 36.3 Å². The molecule has 0 bridgehead atoms. The molecule has 0 atom stereocenters. The molecule has 1 aromatic carbocycles. The quantitative estimate of drug-likeness (QED) is 0.549. The minimum atomic E-state index is -3.70. The number of nitrogen functional groups attached to an aromatic ring is 1. The molecule has 1 saturated carbocycles. The molecule has 0 spiro atoms. The van der Waals surface area contributed by atoms with Gasteiger partial charge in [-0.2, -0.15) is 5.10 Å². The summed E-state index contributed by atoms with van der Waals surface area (Å²) < 4.78 is 30.6. The topological polar surface area (TPSA) is 136 Å². The first kappa shape index (κ1) is 21.7. The Balaban J connectivity index is 1.60. The van der Waals surface area contributed by atoms with Gasteiger partial charge in [0.05, 0.1) is 22.4 Å². The Hall–Kier alpha value is -2.56. The van der Waals surface area contributed by atoms with Gasteiger partial charge in [-0.15, -0.1) is 0 Å². The smallest absolute Gasteiger partial charge is 0.240 e. The molecule has 0 amide bonds. The maximum atomic E-state index is 13.1. The lowest BCUT2D eigenvalue weighted by atomic mass is 9.77. The van der Waals surface area contributed by atoms with Crippen molar-refractivity contribution in [2.45, 2.75) is 63.0 Å². The Morgan fingerprint density at radius 2 is 1.90 bits per heavy atom. The van der Waals surface area contributed by atoms with Gasteiger partial charge in [0.25, 0.3) is 0 Å². The van der Waals surface area contributed by atoms with Gasteiger partial charge in [0, 0.05) is 11.6 Å². The van der Waals surface area contributed by atoms with Crippen LogP contribution in [-0.2, 0) is 10.0 Å². The average Bonchev–Trinajstić information content (AvgIpc) is 3.13. The fourth-order valence-electron chi connectivity index (χ4n) is 4.27. The van der Waals surface area contributed by atoms with E-state index in [1.54, 1.807) is 28.9 Å². The molecule has 166 valence electrons. The summed E-state index contributed by atoms with van der Waals surface area (Å²) >= 11 is 0. The van der Waals surface area contributed by atoms with Crippen molar-refractivity contribution in [3.63, 3.8) is 0 Å². The molecule has 10 heteroatoms. The second-order valence-corrected chi connectivity index (χ2v) is 10.5. The predicted octanol–water partition coefficient (Wildman–Crippen LogP) is 2.29. The highest BCUT2D eigenvalue weighted by molar-refractivity contribution is 7.89. The van der Waals surface area contributed by atoms with Crippen LogP contribution in [0.5, 0.6) is 0 Å². The number of hydrogen-bond donors (Lipinski definition) is 3. The number of imidazole rings is 1. The molecule has 0 aliphatic heterocycles. The van der Waals surface area contributed by atoms with Gasteiger partial charge in [0.15, 0.2) is 11.5 Å². The number of benzene rings is 1. The van der Waals surface area contributed by atoms with Crippen molar-refractivity contribution in [1.29, 1.82) is 0 Å². The van der Waals surface area contributed by atoms with Crippen molar-refractivity contribution in [3.8, 4) is 11.3 Å². The molecular weight excluding hydrogens is 416 g/mol. The number of anilines is 1. The summed E-state index contributed by atoms with van der Waals surface area (Å²) in [5, 5.41) is 14.4. The van der Waals surface area contributed by atoms with Crippen LogP contribution in [0.2, 0.25) is 0 Å². The Morgan fingerprint density at radius 1 is 1.19 bits per heavy atom. The summed E-state index contributed by atoms with van der Waals surface area (Å²) in [5.74, 6) is 0.440. The van der Waals surface area contributed by atoms with Gasteiger partial charge in [0.2, 0.25) is 10.0 Å². The summed E-state index contributed by atoms with van der Waals surface area (Å²) in [7, 11) is -3.70. The number of sulfonamides is 1. The molecule has 1 aliphatic rings. The Kier molecular flexibility index (Phi) is 5.48. The Labute approximate surface area is 181 Å². The van der Waals surface area contributed by atoms with E-state index < -0.39 is 15.6 Å². The number of nitrogens with two attached hydrogens (primary N) is 1. The third kappa shape index (κ3) is 4.28. The lowest BCUT2D eigenvalue weighted by Crippen LogP contribution is -2.41. The highest BCUT2D eigenvalue weighted by Crippen LogP contribution is 2.33. The maximum absolute atomic E-state index is 13.1. The molecule has 2 heterocycles. The van der Waals surface area contributed by atoms with Crippen LogP contribution in [0.1, 0.15) is 45.1 Å². The first-order valence-electron chi connectivity index (χ1n) is 10.4. The van der Waals surface area contributed by atoms with E-state index in [0.717, 1.165) is 18.4 Å². The van der Waals surface area contributed by atoms with Crippen LogP contribution in [0.25, 0.3) is 16.9 Å². The van der Waals surface area contributed by atoms with E-state index in [1.165, 1.54) is 6.33 Å². The van der Waals surface area contributed by atoms with E-state index in [2.05, 4.69) is 19.8 Å². The minimum Gasteiger partial charge on any atom is -0.390 e. The average molecular weight is 445 g/mol. The van der Waals surface area contributed by atoms with Crippen molar-refractivity contribution < 1.29 is 13.5 Å². The van der Waals surface area contributed by atoms with E-state index in [0.29, 0.717) is 29.7 Å². The van der Waals surface area contributed by atoms with E-state index in [4.69, 9.17) is 5.73 Å². The molecular formula is C21H28N6O3S. The second-order valence-electron chi connectivity index (χ2n) is 8.82. The molecule has 31 heavy (non-hydrogen) atoms. The molecule has 1 fully saturated rings. The van der Waals surface area contributed by atoms with Crippen LogP contribution in [0, 0.1) is 12.8 Å². The monoisotopic (exact) mass is 444 g/mol. The van der Waals surface area contributed by atoms with Crippen molar-refractivity contribution >= 4 is 21.5 Å². The molecule has 0 unspecified atom stereocenters. The molecule has 9 nitrogen and oxygen atoms in total. The third-order valence-electron chi connectivity index (χ3n) is 6.17. The molecule has 4 rings (SSSR count). The van der Waals surface area contributed by atoms with Gasteiger partial charge in [-0.3, -0.25) is 0 Å². The fraction of sp³-hybridized carbons (Fsp3) is 0.476. The van der Waals surface area contributed by atoms with Gasteiger partial charge < -0.3 is 10.8 Å². The van der Waals surface area contributed by atoms with Crippen LogP contribution in [-0.4, -0.2) is 44.7 Å². The molecule has 0 radical (unpaired) electrons. The zero-order chi connectivity index (χ0) is 22.4. The summed E-state index contributed by atoms with van der Waals surface area (Å²) in [6.45, 7) is 5.53. The highest BCUT2D eigenvalue weighted by Gasteiger charge is 2.33. The van der Waals surface area contributed by atoms with Gasteiger partial charge in [-0.25, -0.2) is 27.6 Å². The zero-order valence-corrected chi connectivity index (χ0v) is 18.7. The number of nitrogens with zero attached hydrogens (tertiary/aromatic N) is 4. The van der Waals surface area contributed by atoms with E-state index in [1.807, 2.05) is 20.8 Å². The SMILES string of the molecule is Cc1ccc(S(=O)(=O)N[C@H]2CC[C@H](C(C)(C)O)CC2)cc1-c1cnc2c(N)ncnn12. The van der Waals surface area contributed by atoms with Gasteiger partial charge in [0.1, 0.15) is 6.33 Å². The van der Waals surface area contributed by atoms with Crippen molar-refractivity contribution in [2.24, 2.45) is 5.92 Å². The molecule has 1 aliphatic carbocycles. The third-order valence-corrected chi connectivity index (χ3v) is 7.69. The summed E-state index contributed by atoms with van der Waals surface area (Å²) in [5.41, 5.74) is 7.80. The number of aryl methyl sites for hydroxylation is 1. The standard InChI is InChI=1S/C21H28N6O3S/c1-13-4-9-16(10-17(13)18-11-23-20-19(22)24-12-25-27(18)20)31(29,30)26-15-7-5-14(6-8-15)21(2,3)28/h4,9-12,14-15,26,28H,5-8H2,1-3H3,(H2,22,24,25)/t14-,15-. The number of rotatable bonds is 5. The normalized spacial score (nSPS) is 20.3. The molecule has 2 aromatic heterocycles. The minimum absolute atomic E-state index is 0.142. The Morgan fingerprint density at radius 3 is 2.58 bits per heavy atom. The first-order chi connectivity index (χ1) is 14.6. The van der Waals surface area contributed by atoms with E-state index in [9.17, 15) is 13.5 Å². The predicted molar refractivity (Wildman–Crippen MR) is 118 cm³/mol. The lowest BCUT2D eigenvalue weighted by Gasteiger charge is -2.35. The fourth-order valence-corrected chi connectivity index (χ4v) is 5.60. The molecule has 3 aromatic rings. The van der Waals surface area contributed by atoms with E-state index >= 15 is 0 Å². The van der Waals surface area contributed by atoms with Crippen LogP contribution >= 0.6 is 0 Å². The number of aliphatic hydroxyl groups is 1. The Bertz CT molecular complexity index is 1210.